The molecular weight excluding hydrogens is 314 g/mol. The smallest absolute Gasteiger partial charge is 0.255 e. The van der Waals surface area contributed by atoms with E-state index in [9.17, 15) is 4.79 Å². The summed E-state index contributed by atoms with van der Waals surface area (Å²) < 4.78 is 5.51. The Hall–Kier alpha value is -3.21. The number of hydrogen-bond acceptors (Lipinski definition) is 4. The van der Waals surface area contributed by atoms with Crippen molar-refractivity contribution in [2.75, 3.05) is 6.61 Å². The van der Waals surface area contributed by atoms with Crippen LogP contribution in [0.3, 0.4) is 0 Å². The Bertz CT molecular complexity index is 850. The molecule has 0 saturated heterocycles. The normalized spacial score (nSPS) is 10.3. The van der Waals surface area contributed by atoms with E-state index in [2.05, 4.69) is 15.3 Å². The highest BCUT2D eigenvalue weighted by Gasteiger charge is 2.11. The van der Waals surface area contributed by atoms with E-state index in [0.29, 0.717) is 24.5 Å². The molecule has 0 atom stereocenters. The van der Waals surface area contributed by atoms with E-state index in [1.165, 1.54) is 0 Å². The van der Waals surface area contributed by atoms with E-state index in [1.54, 1.807) is 36.9 Å². The fraction of sp³-hybridized carbons (Fsp3) is 0.150. The first-order chi connectivity index (χ1) is 12.3. The molecule has 3 aromatic rings. The Kier molecular flexibility index (Phi) is 5.36. The molecule has 3 rings (SSSR count). The average Bonchev–Trinajstić information content (AvgIpc) is 2.68. The van der Waals surface area contributed by atoms with E-state index < -0.39 is 0 Å². The van der Waals surface area contributed by atoms with Gasteiger partial charge in [0.1, 0.15) is 5.75 Å². The fourth-order valence-electron chi connectivity index (χ4n) is 2.49. The first-order valence-electron chi connectivity index (χ1n) is 8.12. The number of amides is 1. The number of rotatable bonds is 6. The van der Waals surface area contributed by atoms with Gasteiger partial charge in [0.2, 0.25) is 0 Å². The lowest BCUT2D eigenvalue weighted by Crippen LogP contribution is -2.23. The van der Waals surface area contributed by atoms with Crippen molar-refractivity contribution in [2.24, 2.45) is 0 Å². The summed E-state index contributed by atoms with van der Waals surface area (Å²) in [6.45, 7) is 2.80. The van der Waals surface area contributed by atoms with Gasteiger partial charge in [-0.25, -0.2) is 0 Å². The number of benzene rings is 1. The molecule has 0 aliphatic heterocycles. The monoisotopic (exact) mass is 333 g/mol. The van der Waals surface area contributed by atoms with Crippen molar-refractivity contribution in [1.29, 1.82) is 0 Å². The molecule has 1 aromatic carbocycles. The predicted octanol–water partition coefficient (Wildman–Crippen LogP) is 3.47. The van der Waals surface area contributed by atoms with Crippen LogP contribution in [0.4, 0.5) is 0 Å². The minimum Gasteiger partial charge on any atom is -0.493 e. The van der Waals surface area contributed by atoms with Crippen molar-refractivity contribution in [3.05, 3.63) is 78.4 Å². The summed E-state index contributed by atoms with van der Waals surface area (Å²) in [5.41, 5.74) is 3.41. The SMILES string of the molecule is CCOc1ccccc1C(=O)NCc1cncc(-c2cccnc2)c1. The first-order valence-corrected chi connectivity index (χ1v) is 8.12. The number of nitrogens with one attached hydrogen (secondary N) is 1. The minimum atomic E-state index is -0.171. The number of nitrogens with zero attached hydrogens (tertiary/aromatic N) is 2. The van der Waals surface area contributed by atoms with Crippen LogP contribution in [0.5, 0.6) is 5.75 Å². The van der Waals surface area contributed by atoms with Crippen molar-refractivity contribution >= 4 is 5.91 Å². The zero-order chi connectivity index (χ0) is 17.5. The molecule has 25 heavy (non-hydrogen) atoms. The molecule has 0 spiro atoms. The van der Waals surface area contributed by atoms with Crippen LogP contribution in [0.15, 0.2) is 67.3 Å². The third-order valence-electron chi connectivity index (χ3n) is 3.67. The van der Waals surface area contributed by atoms with Gasteiger partial charge in [-0.1, -0.05) is 18.2 Å². The Morgan fingerprint density at radius 2 is 1.88 bits per heavy atom. The summed E-state index contributed by atoms with van der Waals surface area (Å²) in [5.74, 6) is 0.417. The van der Waals surface area contributed by atoms with E-state index in [0.717, 1.165) is 16.7 Å². The average molecular weight is 333 g/mol. The highest BCUT2D eigenvalue weighted by Crippen LogP contribution is 2.19. The largest absolute Gasteiger partial charge is 0.493 e. The second kappa shape index (κ2) is 8.06. The molecule has 5 nitrogen and oxygen atoms in total. The van der Waals surface area contributed by atoms with Crippen molar-refractivity contribution in [1.82, 2.24) is 15.3 Å². The molecule has 1 N–H and O–H groups in total. The van der Waals surface area contributed by atoms with E-state index >= 15 is 0 Å². The molecular formula is C20H19N3O2. The zero-order valence-electron chi connectivity index (χ0n) is 14.0. The maximum atomic E-state index is 12.4. The Morgan fingerprint density at radius 1 is 1.04 bits per heavy atom. The van der Waals surface area contributed by atoms with Gasteiger partial charge in [-0.15, -0.1) is 0 Å². The van der Waals surface area contributed by atoms with Gasteiger partial charge in [0.05, 0.1) is 12.2 Å². The van der Waals surface area contributed by atoms with E-state index in [-0.39, 0.29) is 5.91 Å². The molecule has 0 saturated carbocycles. The highest BCUT2D eigenvalue weighted by molar-refractivity contribution is 5.96. The van der Waals surface area contributed by atoms with Gasteiger partial charge in [-0.2, -0.15) is 0 Å². The van der Waals surface area contributed by atoms with Crippen LogP contribution in [0.25, 0.3) is 11.1 Å². The summed E-state index contributed by atoms with van der Waals surface area (Å²) in [4.78, 5) is 20.8. The van der Waals surface area contributed by atoms with Crippen molar-refractivity contribution in [3.63, 3.8) is 0 Å². The third-order valence-corrected chi connectivity index (χ3v) is 3.67. The quantitative estimate of drug-likeness (QED) is 0.750. The minimum absolute atomic E-state index is 0.171. The standard InChI is InChI=1S/C20H19N3O2/c1-2-25-19-8-4-3-7-18(19)20(24)23-12-15-10-17(14-22-11-15)16-6-5-9-21-13-16/h3-11,13-14H,2,12H2,1H3,(H,23,24). The molecule has 2 heterocycles. The summed E-state index contributed by atoms with van der Waals surface area (Å²) in [7, 11) is 0. The van der Waals surface area contributed by atoms with Crippen LogP contribution in [0.2, 0.25) is 0 Å². The second-order valence-corrected chi connectivity index (χ2v) is 5.44. The van der Waals surface area contributed by atoms with Crippen LogP contribution in [0.1, 0.15) is 22.8 Å². The lowest BCUT2D eigenvalue weighted by molar-refractivity contribution is 0.0947. The molecule has 126 valence electrons. The number of hydrogen-bond donors (Lipinski definition) is 1. The maximum absolute atomic E-state index is 12.4. The van der Waals surface area contributed by atoms with Crippen molar-refractivity contribution in [3.8, 4) is 16.9 Å². The molecule has 2 aromatic heterocycles. The van der Waals surface area contributed by atoms with Gasteiger partial charge >= 0.3 is 0 Å². The van der Waals surface area contributed by atoms with E-state index in [4.69, 9.17) is 4.74 Å². The van der Waals surface area contributed by atoms with Gasteiger partial charge < -0.3 is 10.1 Å². The molecule has 0 aliphatic rings. The van der Waals surface area contributed by atoms with Crippen molar-refractivity contribution in [2.45, 2.75) is 13.5 Å². The van der Waals surface area contributed by atoms with Crippen LogP contribution >= 0.6 is 0 Å². The predicted molar refractivity (Wildman–Crippen MR) is 96.2 cm³/mol. The molecule has 0 fully saturated rings. The van der Waals surface area contributed by atoms with E-state index in [1.807, 2.05) is 37.3 Å². The Labute approximate surface area is 146 Å². The summed E-state index contributed by atoms with van der Waals surface area (Å²) in [6, 6.07) is 13.1. The van der Waals surface area contributed by atoms with Crippen LogP contribution in [0, 0.1) is 0 Å². The Balaban J connectivity index is 1.71. The van der Waals surface area contributed by atoms with Crippen LogP contribution in [-0.2, 0) is 6.54 Å². The number of carbonyl (C=O) groups excluding carboxylic acids is 1. The number of carbonyl (C=O) groups is 1. The zero-order valence-corrected chi connectivity index (χ0v) is 14.0. The van der Waals surface area contributed by atoms with Gasteiger partial charge in [0.15, 0.2) is 0 Å². The van der Waals surface area contributed by atoms with Crippen LogP contribution < -0.4 is 10.1 Å². The maximum Gasteiger partial charge on any atom is 0.255 e. The molecule has 0 aliphatic carbocycles. The van der Waals surface area contributed by atoms with Gasteiger partial charge in [0.25, 0.3) is 5.91 Å². The summed E-state index contributed by atoms with van der Waals surface area (Å²) >= 11 is 0. The molecule has 5 heteroatoms. The lowest BCUT2D eigenvalue weighted by Gasteiger charge is -2.11. The molecule has 0 bridgehead atoms. The number of para-hydroxylation sites is 1. The molecule has 0 unspecified atom stereocenters. The lowest BCUT2D eigenvalue weighted by atomic mass is 10.1. The number of pyridine rings is 2. The topological polar surface area (TPSA) is 64.1 Å². The highest BCUT2D eigenvalue weighted by atomic mass is 16.5. The molecule has 1 amide bonds. The second-order valence-electron chi connectivity index (χ2n) is 5.44. The third kappa shape index (κ3) is 4.20. The fourth-order valence-corrected chi connectivity index (χ4v) is 2.49. The summed E-state index contributed by atoms with van der Waals surface area (Å²) in [6.07, 6.45) is 7.05. The van der Waals surface area contributed by atoms with Gasteiger partial charge in [-0.05, 0) is 36.8 Å². The number of ether oxygens (including phenoxy) is 1. The van der Waals surface area contributed by atoms with Crippen LogP contribution in [-0.4, -0.2) is 22.5 Å². The van der Waals surface area contributed by atoms with Gasteiger partial charge in [0, 0.05) is 42.5 Å². The van der Waals surface area contributed by atoms with Gasteiger partial charge in [-0.3, -0.25) is 14.8 Å². The Morgan fingerprint density at radius 3 is 2.68 bits per heavy atom. The number of aromatic nitrogens is 2. The van der Waals surface area contributed by atoms with Crippen molar-refractivity contribution < 1.29 is 9.53 Å². The molecule has 0 radical (unpaired) electrons. The summed E-state index contributed by atoms with van der Waals surface area (Å²) in [5, 5.41) is 2.92. The first kappa shape index (κ1) is 16.6.